The molecule has 0 aliphatic rings. The maximum Gasteiger partial charge on any atom is 0.239 e. The van der Waals surface area contributed by atoms with Crippen LogP contribution in [0.2, 0.25) is 0 Å². The highest BCUT2D eigenvalue weighted by atomic mass is 16.2. The zero-order valence-electron chi connectivity index (χ0n) is 12.6. The molecule has 0 spiro atoms. The molecule has 0 bridgehead atoms. The van der Waals surface area contributed by atoms with Crippen LogP contribution >= 0.6 is 0 Å². The second kappa shape index (κ2) is 6.27. The third kappa shape index (κ3) is 3.32. The monoisotopic (exact) mass is 281 g/mol. The number of anilines is 1. The Labute approximate surface area is 125 Å². The fraction of sp³-hybridized carbons (Fsp3) is 0.294. The van der Waals surface area contributed by atoms with Crippen molar-refractivity contribution in [2.75, 3.05) is 18.5 Å². The van der Waals surface area contributed by atoms with E-state index in [1.165, 1.54) is 0 Å². The second-order valence-corrected chi connectivity index (χ2v) is 5.37. The average Bonchev–Trinajstić information content (AvgIpc) is 2.44. The smallest absolute Gasteiger partial charge is 0.239 e. The zero-order valence-corrected chi connectivity index (χ0v) is 12.6. The van der Waals surface area contributed by atoms with Gasteiger partial charge in [0, 0.05) is 29.5 Å². The van der Waals surface area contributed by atoms with Gasteiger partial charge in [0.25, 0.3) is 0 Å². The minimum absolute atomic E-state index is 0.0130. The largest absolute Gasteiger partial charge is 0.365 e. The van der Waals surface area contributed by atoms with Crippen LogP contribution in [0.4, 0.5) is 5.69 Å². The normalized spacial score (nSPS) is 10.4. The summed E-state index contributed by atoms with van der Waals surface area (Å²) in [7, 11) is 1.88. The van der Waals surface area contributed by atoms with Gasteiger partial charge in [-0.1, -0.05) is 24.3 Å². The average molecular weight is 281 g/mol. The van der Waals surface area contributed by atoms with E-state index in [0.29, 0.717) is 5.56 Å². The standard InChI is InChI=1S/C17H19N3O/c1-12(2)19-17(21)11-20(3)16-9-8-13(10-18)14-6-4-5-7-15(14)16/h4-9,12H,11H2,1-3H3,(H,19,21). The van der Waals surface area contributed by atoms with Crippen molar-refractivity contribution in [3.05, 3.63) is 42.0 Å². The first-order valence-electron chi connectivity index (χ1n) is 6.95. The quantitative estimate of drug-likeness (QED) is 0.937. The molecular formula is C17H19N3O. The van der Waals surface area contributed by atoms with E-state index in [-0.39, 0.29) is 18.5 Å². The van der Waals surface area contributed by atoms with Crippen molar-refractivity contribution in [1.29, 1.82) is 5.26 Å². The Morgan fingerprint density at radius 2 is 1.90 bits per heavy atom. The number of hydrogen-bond donors (Lipinski definition) is 1. The zero-order chi connectivity index (χ0) is 15.4. The molecule has 4 heteroatoms. The van der Waals surface area contributed by atoms with Crippen LogP contribution in [0.15, 0.2) is 36.4 Å². The number of hydrogen-bond acceptors (Lipinski definition) is 3. The maximum atomic E-state index is 11.9. The first-order valence-corrected chi connectivity index (χ1v) is 6.95. The van der Waals surface area contributed by atoms with Crippen molar-refractivity contribution in [1.82, 2.24) is 5.32 Å². The van der Waals surface area contributed by atoms with Crippen molar-refractivity contribution < 1.29 is 4.79 Å². The van der Waals surface area contributed by atoms with Crippen LogP contribution < -0.4 is 10.2 Å². The van der Waals surface area contributed by atoms with Crippen molar-refractivity contribution >= 4 is 22.4 Å². The van der Waals surface area contributed by atoms with Gasteiger partial charge < -0.3 is 10.2 Å². The fourth-order valence-corrected chi connectivity index (χ4v) is 2.38. The number of carbonyl (C=O) groups is 1. The van der Waals surface area contributed by atoms with Crippen molar-refractivity contribution in [2.45, 2.75) is 19.9 Å². The molecule has 0 fully saturated rings. The molecule has 0 aliphatic heterocycles. The molecule has 0 aromatic heterocycles. The van der Waals surface area contributed by atoms with Gasteiger partial charge in [0.1, 0.15) is 0 Å². The third-order valence-corrected chi connectivity index (χ3v) is 3.26. The molecule has 1 amide bonds. The summed E-state index contributed by atoms with van der Waals surface area (Å²) in [6, 6.07) is 13.8. The van der Waals surface area contributed by atoms with Crippen molar-refractivity contribution in [3.63, 3.8) is 0 Å². The van der Waals surface area contributed by atoms with Gasteiger partial charge in [0.05, 0.1) is 18.2 Å². The van der Waals surface area contributed by atoms with Crippen LogP contribution in [0.25, 0.3) is 10.8 Å². The van der Waals surface area contributed by atoms with Crippen molar-refractivity contribution in [3.8, 4) is 6.07 Å². The number of fused-ring (bicyclic) bond motifs is 1. The van der Waals surface area contributed by atoms with Crippen molar-refractivity contribution in [2.24, 2.45) is 0 Å². The predicted molar refractivity (Wildman–Crippen MR) is 85.2 cm³/mol. The van der Waals surface area contributed by atoms with E-state index in [1.54, 1.807) is 6.07 Å². The molecule has 0 saturated carbocycles. The maximum absolute atomic E-state index is 11.9. The Morgan fingerprint density at radius 1 is 1.24 bits per heavy atom. The molecule has 2 rings (SSSR count). The van der Waals surface area contributed by atoms with E-state index in [9.17, 15) is 10.1 Å². The lowest BCUT2D eigenvalue weighted by Crippen LogP contribution is -2.38. The fourth-order valence-electron chi connectivity index (χ4n) is 2.38. The molecule has 4 nitrogen and oxygen atoms in total. The highest BCUT2D eigenvalue weighted by Gasteiger charge is 2.12. The Morgan fingerprint density at radius 3 is 2.52 bits per heavy atom. The lowest BCUT2D eigenvalue weighted by Gasteiger charge is -2.21. The molecule has 0 saturated heterocycles. The van der Waals surface area contributed by atoms with E-state index in [0.717, 1.165) is 16.5 Å². The van der Waals surface area contributed by atoms with Gasteiger partial charge in [-0.3, -0.25) is 4.79 Å². The lowest BCUT2D eigenvalue weighted by atomic mass is 10.0. The summed E-state index contributed by atoms with van der Waals surface area (Å²) in [5, 5.41) is 14.0. The molecule has 0 aliphatic carbocycles. The van der Waals surface area contributed by atoms with E-state index >= 15 is 0 Å². The summed E-state index contributed by atoms with van der Waals surface area (Å²) in [5.41, 5.74) is 1.60. The van der Waals surface area contributed by atoms with E-state index < -0.39 is 0 Å². The van der Waals surface area contributed by atoms with Gasteiger partial charge in [-0.15, -0.1) is 0 Å². The number of benzene rings is 2. The summed E-state index contributed by atoms with van der Waals surface area (Å²) in [4.78, 5) is 13.8. The Hall–Kier alpha value is -2.54. The Bertz CT molecular complexity index is 701. The highest BCUT2D eigenvalue weighted by Crippen LogP contribution is 2.28. The second-order valence-electron chi connectivity index (χ2n) is 5.37. The van der Waals surface area contributed by atoms with Gasteiger partial charge in [-0.25, -0.2) is 0 Å². The SMILES string of the molecule is CC(C)NC(=O)CN(C)c1ccc(C#N)c2ccccc12. The summed E-state index contributed by atoms with van der Waals surface area (Å²) in [6.45, 7) is 4.16. The number of likely N-dealkylation sites (N-methyl/N-ethyl adjacent to an activating group) is 1. The van der Waals surface area contributed by atoms with Gasteiger partial charge in [0.15, 0.2) is 0 Å². The van der Waals surface area contributed by atoms with Gasteiger partial charge >= 0.3 is 0 Å². The lowest BCUT2D eigenvalue weighted by molar-refractivity contribution is -0.120. The summed E-state index contributed by atoms with van der Waals surface area (Å²) < 4.78 is 0. The molecule has 21 heavy (non-hydrogen) atoms. The van der Waals surface area contributed by atoms with E-state index in [4.69, 9.17) is 0 Å². The number of carbonyl (C=O) groups excluding carboxylic acids is 1. The molecule has 0 atom stereocenters. The third-order valence-electron chi connectivity index (χ3n) is 3.26. The highest BCUT2D eigenvalue weighted by molar-refractivity contribution is 5.98. The molecule has 2 aromatic rings. The first kappa shape index (κ1) is 14.9. The minimum Gasteiger partial charge on any atom is -0.365 e. The molecular weight excluding hydrogens is 262 g/mol. The number of nitrogens with zero attached hydrogens (tertiary/aromatic N) is 2. The molecule has 0 unspecified atom stereocenters. The van der Waals surface area contributed by atoms with Gasteiger partial charge in [-0.2, -0.15) is 5.26 Å². The first-order chi connectivity index (χ1) is 10.0. The van der Waals surface area contributed by atoms with Crippen LogP contribution in [0.3, 0.4) is 0 Å². The molecule has 108 valence electrons. The summed E-state index contributed by atoms with van der Waals surface area (Å²) in [6.07, 6.45) is 0. The molecule has 0 heterocycles. The van der Waals surface area contributed by atoms with Gasteiger partial charge in [-0.05, 0) is 26.0 Å². The topological polar surface area (TPSA) is 56.1 Å². The summed E-state index contributed by atoms with van der Waals surface area (Å²) >= 11 is 0. The van der Waals surface area contributed by atoms with Crippen LogP contribution in [-0.4, -0.2) is 25.5 Å². The number of rotatable bonds is 4. The van der Waals surface area contributed by atoms with E-state index in [2.05, 4.69) is 11.4 Å². The minimum atomic E-state index is -0.0130. The Kier molecular flexibility index (Phi) is 4.44. The summed E-state index contributed by atoms with van der Waals surface area (Å²) in [5.74, 6) is -0.0130. The van der Waals surface area contributed by atoms with Crippen LogP contribution in [0, 0.1) is 11.3 Å². The van der Waals surface area contributed by atoms with Gasteiger partial charge in [0.2, 0.25) is 5.91 Å². The number of nitriles is 1. The number of amides is 1. The van der Waals surface area contributed by atoms with Crippen LogP contribution in [0.5, 0.6) is 0 Å². The molecule has 1 N–H and O–H groups in total. The molecule has 2 aromatic carbocycles. The molecule has 0 radical (unpaired) electrons. The Balaban J connectivity index is 2.34. The predicted octanol–water partition coefficient (Wildman–Crippen LogP) is 2.67. The van der Waals surface area contributed by atoms with Crippen LogP contribution in [0.1, 0.15) is 19.4 Å². The van der Waals surface area contributed by atoms with Crippen LogP contribution in [-0.2, 0) is 4.79 Å². The number of nitrogens with one attached hydrogen (secondary N) is 1. The van der Waals surface area contributed by atoms with E-state index in [1.807, 2.05) is 56.1 Å².